The van der Waals surface area contributed by atoms with Gasteiger partial charge in [0.15, 0.2) is 0 Å². The van der Waals surface area contributed by atoms with Crippen molar-refractivity contribution in [3.8, 4) is 0 Å². The number of pyridine rings is 1. The van der Waals surface area contributed by atoms with Crippen molar-refractivity contribution in [1.29, 1.82) is 0 Å². The lowest BCUT2D eigenvalue weighted by Crippen LogP contribution is -2.13. The molecule has 2 aromatic heterocycles. The van der Waals surface area contributed by atoms with Crippen molar-refractivity contribution in [2.45, 2.75) is 26.7 Å². The fraction of sp³-hybridized carbons (Fsp3) is 0.385. The number of nitrogens with one attached hydrogen (secondary N) is 2. The molecule has 0 atom stereocenters. The van der Waals surface area contributed by atoms with Crippen LogP contribution < -0.4 is 10.6 Å². The quantitative estimate of drug-likeness (QED) is 0.797. The number of amides is 1. The van der Waals surface area contributed by atoms with E-state index in [9.17, 15) is 4.79 Å². The molecular formula is C13H16ClN5OS. The molecule has 0 aliphatic carbocycles. The standard InChI is InChI=1S/C13H16ClN5OS/c1-3-5-15-10-7-8(6-9(14)16-10)12(20)17-13-19-18-11(4-2)21-13/h6-7H,3-5H2,1-2H3,(H,15,16)(H,17,19,20). The summed E-state index contributed by atoms with van der Waals surface area (Å²) in [7, 11) is 0. The SMILES string of the molecule is CCCNc1cc(C(=O)Nc2nnc(CC)s2)cc(Cl)n1. The minimum Gasteiger partial charge on any atom is -0.370 e. The van der Waals surface area contributed by atoms with Gasteiger partial charge in [0.25, 0.3) is 5.91 Å². The molecule has 21 heavy (non-hydrogen) atoms. The van der Waals surface area contributed by atoms with Gasteiger partial charge in [0.2, 0.25) is 5.13 Å². The summed E-state index contributed by atoms with van der Waals surface area (Å²) in [5.74, 6) is 0.304. The second-order valence-electron chi connectivity index (χ2n) is 4.30. The first-order valence-corrected chi connectivity index (χ1v) is 7.87. The summed E-state index contributed by atoms with van der Waals surface area (Å²) in [6.45, 7) is 4.80. The van der Waals surface area contributed by atoms with E-state index in [1.807, 2.05) is 13.8 Å². The van der Waals surface area contributed by atoms with Crippen molar-refractivity contribution in [2.24, 2.45) is 0 Å². The Morgan fingerprint density at radius 3 is 2.81 bits per heavy atom. The Morgan fingerprint density at radius 1 is 1.33 bits per heavy atom. The molecule has 112 valence electrons. The Morgan fingerprint density at radius 2 is 2.14 bits per heavy atom. The zero-order valence-corrected chi connectivity index (χ0v) is 13.4. The zero-order chi connectivity index (χ0) is 15.2. The molecule has 0 aromatic carbocycles. The van der Waals surface area contributed by atoms with Crippen LogP contribution in [0, 0.1) is 0 Å². The number of hydrogen-bond acceptors (Lipinski definition) is 6. The van der Waals surface area contributed by atoms with Crippen LogP contribution in [0.5, 0.6) is 0 Å². The van der Waals surface area contributed by atoms with Crippen LogP contribution in [0.2, 0.25) is 5.15 Å². The monoisotopic (exact) mass is 325 g/mol. The highest BCUT2D eigenvalue weighted by Gasteiger charge is 2.12. The van der Waals surface area contributed by atoms with Gasteiger partial charge in [-0.15, -0.1) is 10.2 Å². The van der Waals surface area contributed by atoms with Gasteiger partial charge in [0.1, 0.15) is 16.0 Å². The highest BCUT2D eigenvalue weighted by atomic mass is 35.5. The van der Waals surface area contributed by atoms with Crippen molar-refractivity contribution in [3.63, 3.8) is 0 Å². The van der Waals surface area contributed by atoms with E-state index < -0.39 is 0 Å². The number of aryl methyl sites for hydroxylation is 1. The predicted octanol–water partition coefficient (Wildman–Crippen LogP) is 3.22. The van der Waals surface area contributed by atoms with E-state index in [4.69, 9.17) is 11.6 Å². The smallest absolute Gasteiger partial charge is 0.257 e. The summed E-state index contributed by atoms with van der Waals surface area (Å²) in [6.07, 6.45) is 1.75. The van der Waals surface area contributed by atoms with Crippen molar-refractivity contribution >= 4 is 39.8 Å². The third kappa shape index (κ3) is 4.37. The van der Waals surface area contributed by atoms with Crippen molar-refractivity contribution in [2.75, 3.05) is 17.2 Å². The summed E-state index contributed by atoms with van der Waals surface area (Å²) in [5.41, 5.74) is 0.432. The van der Waals surface area contributed by atoms with Gasteiger partial charge in [-0.05, 0) is 25.0 Å². The average Bonchev–Trinajstić information content (AvgIpc) is 2.92. The molecule has 0 bridgehead atoms. The van der Waals surface area contributed by atoms with Crippen LogP contribution in [0.4, 0.5) is 10.9 Å². The van der Waals surface area contributed by atoms with Gasteiger partial charge in [-0.3, -0.25) is 10.1 Å². The number of anilines is 2. The Balaban J connectivity index is 2.12. The molecule has 0 radical (unpaired) electrons. The third-order valence-electron chi connectivity index (χ3n) is 2.60. The average molecular weight is 326 g/mol. The maximum absolute atomic E-state index is 12.2. The molecule has 0 saturated carbocycles. The van der Waals surface area contributed by atoms with Crippen LogP contribution in [-0.2, 0) is 6.42 Å². The second-order valence-corrected chi connectivity index (χ2v) is 5.75. The summed E-state index contributed by atoms with van der Waals surface area (Å²) >= 11 is 7.31. The Bertz CT molecular complexity index is 631. The Hall–Kier alpha value is -1.73. The van der Waals surface area contributed by atoms with Gasteiger partial charge in [-0.1, -0.05) is 36.8 Å². The van der Waals surface area contributed by atoms with Crippen molar-refractivity contribution < 1.29 is 4.79 Å². The first kappa shape index (κ1) is 15.7. The van der Waals surface area contributed by atoms with E-state index in [-0.39, 0.29) is 11.1 Å². The summed E-state index contributed by atoms with van der Waals surface area (Å²) in [4.78, 5) is 16.3. The van der Waals surface area contributed by atoms with Gasteiger partial charge < -0.3 is 5.32 Å². The number of hydrogen-bond donors (Lipinski definition) is 2. The van der Waals surface area contributed by atoms with Crippen LogP contribution in [0.3, 0.4) is 0 Å². The van der Waals surface area contributed by atoms with Crippen molar-refractivity contribution in [3.05, 3.63) is 27.9 Å². The minimum absolute atomic E-state index is 0.271. The number of aromatic nitrogens is 3. The molecule has 2 aromatic rings. The lowest BCUT2D eigenvalue weighted by atomic mass is 10.2. The number of carbonyl (C=O) groups excluding carboxylic acids is 1. The molecule has 8 heteroatoms. The van der Waals surface area contributed by atoms with Gasteiger partial charge in [0.05, 0.1) is 0 Å². The van der Waals surface area contributed by atoms with Crippen LogP contribution in [0.1, 0.15) is 35.6 Å². The van der Waals surface area contributed by atoms with Gasteiger partial charge >= 0.3 is 0 Å². The fourth-order valence-electron chi connectivity index (χ4n) is 1.59. The number of rotatable bonds is 6. The van der Waals surface area contributed by atoms with Gasteiger partial charge in [0, 0.05) is 12.1 Å². The summed E-state index contributed by atoms with van der Waals surface area (Å²) in [6, 6.07) is 3.19. The predicted molar refractivity (Wildman–Crippen MR) is 85.3 cm³/mol. The van der Waals surface area contributed by atoms with E-state index in [1.54, 1.807) is 6.07 Å². The normalized spacial score (nSPS) is 10.4. The topological polar surface area (TPSA) is 79.8 Å². The fourth-order valence-corrected chi connectivity index (χ4v) is 2.47. The third-order valence-corrected chi connectivity index (χ3v) is 3.78. The number of nitrogens with zero attached hydrogens (tertiary/aromatic N) is 3. The lowest BCUT2D eigenvalue weighted by Gasteiger charge is -2.07. The first-order chi connectivity index (χ1) is 10.1. The van der Waals surface area contributed by atoms with E-state index in [0.29, 0.717) is 16.5 Å². The van der Waals surface area contributed by atoms with Gasteiger partial charge in [-0.25, -0.2) is 4.98 Å². The molecule has 0 aliphatic rings. The summed E-state index contributed by atoms with van der Waals surface area (Å²) in [5, 5.41) is 15.3. The molecule has 1 amide bonds. The van der Waals surface area contributed by atoms with Crippen LogP contribution in [0.25, 0.3) is 0 Å². The maximum atomic E-state index is 12.2. The molecule has 0 spiro atoms. The highest BCUT2D eigenvalue weighted by molar-refractivity contribution is 7.15. The molecule has 2 heterocycles. The molecule has 0 saturated heterocycles. The largest absolute Gasteiger partial charge is 0.370 e. The molecule has 0 unspecified atom stereocenters. The van der Waals surface area contributed by atoms with Crippen LogP contribution in [0.15, 0.2) is 12.1 Å². The van der Waals surface area contributed by atoms with Crippen molar-refractivity contribution in [1.82, 2.24) is 15.2 Å². The molecule has 2 N–H and O–H groups in total. The first-order valence-electron chi connectivity index (χ1n) is 6.67. The van der Waals surface area contributed by atoms with E-state index in [2.05, 4.69) is 25.8 Å². The van der Waals surface area contributed by atoms with Gasteiger partial charge in [-0.2, -0.15) is 0 Å². The Kier molecular flexibility index (Phi) is 5.46. The van der Waals surface area contributed by atoms with Crippen LogP contribution in [-0.4, -0.2) is 27.6 Å². The second kappa shape index (κ2) is 7.33. The summed E-state index contributed by atoms with van der Waals surface area (Å²) < 4.78 is 0. The van der Waals surface area contributed by atoms with E-state index in [0.717, 1.165) is 24.4 Å². The highest BCUT2D eigenvalue weighted by Crippen LogP contribution is 2.19. The molecule has 6 nitrogen and oxygen atoms in total. The van der Waals surface area contributed by atoms with Crippen LogP contribution >= 0.6 is 22.9 Å². The lowest BCUT2D eigenvalue weighted by molar-refractivity contribution is 0.102. The molecule has 0 fully saturated rings. The Labute approximate surface area is 132 Å². The molecular weight excluding hydrogens is 310 g/mol. The zero-order valence-electron chi connectivity index (χ0n) is 11.8. The number of carbonyl (C=O) groups is 1. The van der Waals surface area contributed by atoms with E-state index in [1.165, 1.54) is 17.4 Å². The van der Waals surface area contributed by atoms with E-state index >= 15 is 0 Å². The molecule has 0 aliphatic heterocycles. The maximum Gasteiger partial charge on any atom is 0.257 e. The number of halogens is 1. The minimum atomic E-state index is -0.280. The molecule has 2 rings (SSSR count).